The van der Waals surface area contributed by atoms with Gasteiger partial charge in [-0.25, -0.2) is 0 Å². The molecular formula is C23H28N2O. The third-order valence-electron chi connectivity index (χ3n) is 5.16. The predicted octanol–water partition coefficient (Wildman–Crippen LogP) is 5.40. The zero-order chi connectivity index (χ0) is 18.2. The number of para-hydroxylation sites is 1. The fourth-order valence-electron chi connectivity index (χ4n) is 3.91. The van der Waals surface area contributed by atoms with E-state index in [2.05, 4.69) is 47.6 Å². The Morgan fingerprint density at radius 2 is 1.65 bits per heavy atom. The summed E-state index contributed by atoms with van der Waals surface area (Å²) in [7, 11) is 0. The van der Waals surface area contributed by atoms with Gasteiger partial charge in [-0.2, -0.15) is 0 Å². The largest absolute Gasteiger partial charge is 0.506 e. The van der Waals surface area contributed by atoms with Crippen molar-refractivity contribution in [3.63, 3.8) is 0 Å². The van der Waals surface area contributed by atoms with Gasteiger partial charge in [0.25, 0.3) is 0 Å². The van der Waals surface area contributed by atoms with E-state index in [0.29, 0.717) is 5.52 Å². The molecule has 2 aromatic carbocycles. The van der Waals surface area contributed by atoms with Gasteiger partial charge in [0.2, 0.25) is 0 Å². The Morgan fingerprint density at radius 1 is 0.923 bits per heavy atom. The van der Waals surface area contributed by atoms with E-state index < -0.39 is 0 Å². The molecule has 1 fully saturated rings. The number of hydrogen-bond donors (Lipinski definition) is 2. The molecule has 0 unspecified atom stereocenters. The Balaban J connectivity index is 0.000000158. The van der Waals surface area contributed by atoms with Crippen LogP contribution in [0.25, 0.3) is 10.9 Å². The van der Waals surface area contributed by atoms with Crippen LogP contribution in [0.4, 0.5) is 0 Å². The molecule has 26 heavy (non-hydrogen) atoms. The average molecular weight is 348 g/mol. The number of nitrogens with zero attached hydrogens (tertiary/aromatic N) is 1. The first-order valence-electron chi connectivity index (χ1n) is 9.58. The third kappa shape index (κ3) is 4.23. The van der Waals surface area contributed by atoms with E-state index in [1.807, 2.05) is 18.2 Å². The highest BCUT2D eigenvalue weighted by Crippen LogP contribution is 2.36. The summed E-state index contributed by atoms with van der Waals surface area (Å²) < 4.78 is 0. The Morgan fingerprint density at radius 3 is 2.35 bits per heavy atom. The van der Waals surface area contributed by atoms with Crippen molar-refractivity contribution in [1.82, 2.24) is 10.3 Å². The van der Waals surface area contributed by atoms with Gasteiger partial charge in [0.15, 0.2) is 0 Å². The number of phenols is 1. The summed E-state index contributed by atoms with van der Waals surface area (Å²) in [5.74, 6) is 0.239. The third-order valence-corrected chi connectivity index (χ3v) is 5.16. The summed E-state index contributed by atoms with van der Waals surface area (Å²) in [5, 5.41) is 14.0. The number of fused-ring (bicyclic) bond motifs is 1. The molecule has 0 saturated heterocycles. The van der Waals surface area contributed by atoms with Gasteiger partial charge in [-0.15, -0.1) is 0 Å². The maximum absolute atomic E-state index is 9.31. The van der Waals surface area contributed by atoms with Crippen LogP contribution in [0.2, 0.25) is 0 Å². The van der Waals surface area contributed by atoms with Crippen LogP contribution in [0.15, 0.2) is 66.9 Å². The summed E-state index contributed by atoms with van der Waals surface area (Å²) in [6.07, 6.45) is 8.39. The van der Waals surface area contributed by atoms with Gasteiger partial charge in [-0.05, 0) is 37.1 Å². The molecule has 2 N–H and O–H groups in total. The molecule has 0 atom stereocenters. The second-order valence-corrected chi connectivity index (χ2v) is 6.89. The number of pyridine rings is 1. The summed E-state index contributed by atoms with van der Waals surface area (Å²) >= 11 is 0. The molecule has 3 nitrogen and oxygen atoms in total. The van der Waals surface area contributed by atoms with E-state index in [1.165, 1.54) is 37.7 Å². The normalized spacial score (nSPS) is 15.9. The quantitative estimate of drug-likeness (QED) is 0.666. The Hall–Kier alpha value is -2.39. The molecule has 3 aromatic rings. The summed E-state index contributed by atoms with van der Waals surface area (Å²) in [5.41, 5.74) is 2.41. The van der Waals surface area contributed by atoms with Crippen molar-refractivity contribution in [2.24, 2.45) is 0 Å². The predicted molar refractivity (Wildman–Crippen MR) is 108 cm³/mol. The van der Waals surface area contributed by atoms with Gasteiger partial charge in [0.1, 0.15) is 11.3 Å². The second kappa shape index (κ2) is 8.81. The Labute approximate surface area is 156 Å². The van der Waals surface area contributed by atoms with Crippen molar-refractivity contribution in [2.75, 3.05) is 6.54 Å². The summed E-state index contributed by atoms with van der Waals surface area (Å²) in [6.45, 7) is 3.27. The van der Waals surface area contributed by atoms with Crippen molar-refractivity contribution >= 4 is 10.9 Å². The number of nitrogens with one attached hydrogen (secondary N) is 1. The zero-order valence-electron chi connectivity index (χ0n) is 15.5. The molecule has 3 heteroatoms. The van der Waals surface area contributed by atoms with Gasteiger partial charge >= 0.3 is 0 Å². The summed E-state index contributed by atoms with van der Waals surface area (Å²) in [6, 6.07) is 20.1. The maximum atomic E-state index is 9.31. The minimum atomic E-state index is 0.239. The molecular weight excluding hydrogens is 320 g/mol. The highest BCUT2D eigenvalue weighted by atomic mass is 16.3. The van der Waals surface area contributed by atoms with E-state index in [-0.39, 0.29) is 11.3 Å². The molecule has 1 heterocycles. The average Bonchev–Trinajstić information content (AvgIpc) is 2.71. The molecule has 1 saturated carbocycles. The molecule has 136 valence electrons. The van der Waals surface area contributed by atoms with Crippen LogP contribution >= 0.6 is 0 Å². The van der Waals surface area contributed by atoms with Gasteiger partial charge in [0, 0.05) is 17.1 Å². The second-order valence-electron chi connectivity index (χ2n) is 6.89. The van der Waals surface area contributed by atoms with Crippen molar-refractivity contribution in [3.05, 3.63) is 72.4 Å². The standard InChI is InChI=1S/C14H21N.C9H7NO/c1-2-15-14(11-7-4-8-12-14)13-9-5-3-6-10-13;11-8-5-1-3-7-4-2-6-10-9(7)8/h3,5-6,9-10,15H,2,4,7-8,11-12H2,1H3;1-6,11H. The van der Waals surface area contributed by atoms with Crippen LogP contribution in [-0.2, 0) is 5.54 Å². The number of phenolic OH excluding ortho intramolecular Hbond substituents is 1. The van der Waals surface area contributed by atoms with Gasteiger partial charge < -0.3 is 10.4 Å². The Bertz CT molecular complexity index is 800. The molecule has 0 amide bonds. The fourth-order valence-corrected chi connectivity index (χ4v) is 3.91. The van der Waals surface area contributed by atoms with Crippen LogP contribution < -0.4 is 5.32 Å². The van der Waals surface area contributed by atoms with Crippen molar-refractivity contribution < 1.29 is 5.11 Å². The Kier molecular flexibility index (Phi) is 6.24. The molecule has 1 aliphatic carbocycles. The molecule has 1 aliphatic rings. The minimum absolute atomic E-state index is 0.239. The van der Waals surface area contributed by atoms with E-state index in [0.717, 1.165) is 11.9 Å². The zero-order valence-corrected chi connectivity index (χ0v) is 15.5. The van der Waals surface area contributed by atoms with Crippen LogP contribution in [-0.4, -0.2) is 16.6 Å². The molecule has 0 radical (unpaired) electrons. The van der Waals surface area contributed by atoms with Gasteiger partial charge in [0.05, 0.1) is 0 Å². The first-order chi connectivity index (χ1) is 12.7. The van der Waals surface area contributed by atoms with E-state index >= 15 is 0 Å². The first kappa shape index (κ1) is 18.4. The highest BCUT2D eigenvalue weighted by Gasteiger charge is 2.32. The smallest absolute Gasteiger partial charge is 0.141 e. The monoisotopic (exact) mass is 348 g/mol. The van der Waals surface area contributed by atoms with E-state index in [9.17, 15) is 5.11 Å². The first-order valence-corrected chi connectivity index (χ1v) is 9.58. The van der Waals surface area contributed by atoms with Crippen LogP contribution in [0.5, 0.6) is 5.75 Å². The molecule has 0 aliphatic heterocycles. The van der Waals surface area contributed by atoms with Crippen LogP contribution in [0, 0.1) is 0 Å². The van der Waals surface area contributed by atoms with Crippen molar-refractivity contribution in [2.45, 2.75) is 44.6 Å². The molecule has 1 aromatic heterocycles. The highest BCUT2D eigenvalue weighted by molar-refractivity contribution is 5.83. The number of benzene rings is 2. The van der Waals surface area contributed by atoms with Gasteiger partial charge in [-0.3, -0.25) is 4.98 Å². The lowest BCUT2D eigenvalue weighted by molar-refractivity contribution is 0.238. The lowest BCUT2D eigenvalue weighted by Gasteiger charge is -2.38. The topological polar surface area (TPSA) is 45.1 Å². The number of aromatic hydroxyl groups is 1. The molecule has 0 spiro atoms. The lowest BCUT2D eigenvalue weighted by atomic mass is 9.76. The number of rotatable bonds is 3. The maximum Gasteiger partial charge on any atom is 0.141 e. The number of aromatic nitrogens is 1. The van der Waals surface area contributed by atoms with Crippen molar-refractivity contribution in [1.29, 1.82) is 0 Å². The van der Waals surface area contributed by atoms with Crippen LogP contribution in [0.1, 0.15) is 44.6 Å². The fraction of sp³-hybridized carbons (Fsp3) is 0.348. The van der Waals surface area contributed by atoms with Crippen LogP contribution in [0.3, 0.4) is 0 Å². The summed E-state index contributed by atoms with van der Waals surface area (Å²) in [4.78, 5) is 4.03. The number of hydrogen-bond acceptors (Lipinski definition) is 3. The molecule has 4 rings (SSSR count). The van der Waals surface area contributed by atoms with Gasteiger partial charge in [-0.1, -0.05) is 74.7 Å². The van der Waals surface area contributed by atoms with E-state index in [4.69, 9.17) is 0 Å². The lowest BCUT2D eigenvalue weighted by Crippen LogP contribution is -2.43. The van der Waals surface area contributed by atoms with E-state index in [1.54, 1.807) is 18.3 Å². The van der Waals surface area contributed by atoms with Crippen molar-refractivity contribution in [3.8, 4) is 5.75 Å². The SMILES string of the molecule is CCNC1(c2ccccc2)CCCCC1.Oc1cccc2cccnc12. The minimum Gasteiger partial charge on any atom is -0.506 e. The molecule has 0 bridgehead atoms.